The molecule has 0 aliphatic carbocycles. The summed E-state index contributed by atoms with van der Waals surface area (Å²) in [5.41, 5.74) is 3.98. The molecule has 2 heterocycles. The Bertz CT molecular complexity index is 873. The van der Waals surface area contributed by atoms with Crippen molar-refractivity contribution in [3.05, 3.63) is 52.6 Å². The Hall–Kier alpha value is -2.05. The van der Waals surface area contributed by atoms with Crippen LogP contribution < -0.4 is 14.2 Å². The highest BCUT2D eigenvalue weighted by molar-refractivity contribution is 7.89. The second-order valence-electron chi connectivity index (χ2n) is 6.16. The van der Waals surface area contributed by atoms with E-state index in [0.717, 1.165) is 46.6 Å². The molecule has 24 heavy (non-hydrogen) atoms. The number of hydrogen-bond acceptors (Lipinski definition) is 4. The van der Waals surface area contributed by atoms with Gasteiger partial charge in [0.2, 0.25) is 10.0 Å². The van der Waals surface area contributed by atoms with Gasteiger partial charge >= 0.3 is 0 Å². The van der Waals surface area contributed by atoms with Gasteiger partial charge in [0.15, 0.2) is 0 Å². The largest absolute Gasteiger partial charge is 0.493 e. The number of ether oxygens (including phenoxy) is 2. The molecular weight excluding hydrogens is 326 g/mol. The third kappa shape index (κ3) is 2.65. The Morgan fingerprint density at radius 2 is 1.96 bits per heavy atom. The highest BCUT2D eigenvalue weighted by Gasteiger charge is 2.27. The third-order valence-electron chi connectivity index (χ3n) is 4.50. The molecule has 2 aliphatic rings. The second-order valence-corrected chi connectivity index (χ2v) is 7.92. The molecule has 5 nitrogen and oxygen atoms in total. The second kappa shape index (κ2) is 5.79. The van der Waals surface area contributed by atoms with Gasteiger partial charge in [0.1, 0.15) is 11.5 Å². The number of fused-ring (bicyclic) bond motifs is 2. The topological polar surface area (TPSA) is 64.6 Å². The lowest BCUT2D eigenvalue weighted by atomic mass is 10.00. The van der Waals surface area contributed by atoms with Crippen molar-refractivity contribution < 1.29 is 17.9 Å². The molecule has 0 aromatic heterocycles. The summed E-state index contributed by atoms with van der Waals surface area (Å²) in [6.07, 6.45) is 1.62. The van der Waals surface area contributed by atoms with Gasteiger partial charge in [-0.1, -0.05) is 12.1 Å². The van der Waals surface area contributed by atoms with Gasteiger partial charge < -0.3 is 9.47 Å². The Kier molecular flexibility index (Phi) is 3.73. The Labute approximate surface area is 141 Å². The third-order valence-corrected chi connectivity index (χ3v) is 5.90. The zero-order valence-corrected chi connectivity index (χ0v) is 14.3. The van der Waals surface area contributed by atoms with Gasteiger partial charge in [-0.05, 0) is 30.7 Å². The van der Waals surface area contributed by atoms with E-state index in [9.17, 15) is 8.42 Å². The summed E-state index contributed by atoms with van der Waals surface area (Å²) in [5, 5.41) is 0. The first kappa shape index (κ1) is 15.5. The lowest BCUT2D eigenvalue weighted by Crippen LogP contribution is -2.24. The summed E-state index contributed by atoms with van der Waals surface area (Å²) in [7, 11) is -3.56. The van der Waals surface area contributed by atoms with Crippen LogP contribution in [0.4, 0.5) is 0 Å². The predicted molar refractivity (Wildman–Crippen MR) is 90.0 cm³/mol. The number of benzene rings is 2. The Morgan fingerprint density at radius 1 is 1.12 bits per heavy atom. The SMILES string of the molecule is Cc1cccc(S(=O)(=O)NCc2c3c(cc4c2OCC4)OCC3)c1. The van der Waals surface area contributed by atoms with Crippen molar-refractivity contribution >= 4 is 10.0 Å². The van der Waals surface area contributed by atoms with Gasteiger partial charge in [0.05, 0.1) is 18.1 Å². The van der Waals surface area contributed by atoms with Crippen molar-refractivity contribution in [2.45, 2.75) is 31.2 Å². The number of hydrogen-bond donors (Lipinski definition) is 1. The van der Waals surface area contributed by atoms with E-state index in [1.165, 1.54) is 0 Å². The summed E-state index contributed by atoms with van der Waals surface area (Å²) in [6, 6.07) is 8.93. The molecule has 0 spiro atoms. The monoisotopic (exact) mass is 345 g/mol. The molecule has 1 N–H and O–H groups in total. The van der Waals surface area contributed by atoms with Crippen molar-refractivity contribution in [2.24, 2.45) is 0 Å². The van der Waals surface area contributed by atoms with Crippen molar-refractivity contribution in [1.82, 2.24) is 4.72 Å². The molecule has 0 radical (unpaired) electrons. The fourth-order valence-corrected chi connectivity index (χ4v) is 4.40. The van der Waals surface area contributed by atoms with Gasteiger partial charge in [-0.15, -0.1) is 0 Å². The summed E-state index contributed by atoms with van der Waals surface area (Å²) in [4.78, 5) is 0.281. The van der Waals surface area contributed by atoms with Crippen LogP contribution in [-0.4, -0.2) is 21.6 Å². The molecule has 2 aliphatic heterocycles. The van der Waals surface area contributed by atoms with E-state index < -0.39 is 10.0 Å². The van der Waals surface area contributed by atoms with Gasteiger partial charge in [-0.25, -0.2) is 13.1 Å². The molecule has 126 valence electrons. The van der Waals surface area contributed by atoms with Crippen molar-refractivity contribution in [1.29, 1.82) is 0 Å². The van der Waals surface area contributed by atoms with Crippen LogP contribution in [0.1, 0.15) is 22.3 Å². The Morgan fingerprint density at radius 3 is 2.79 bits per heavy atom. The fraction of sp³-hybridized carbons (Fsp3) is 0.333. The van der Waals surface area contributed by atoms with Crippen LogP contribution in [0.3, 0.4) is 0 Å². The lowest BCUT2D eigenvalue weighted by Gasteiger charge is -2.14. The normalized spacial score (nSPS) is 15.5. The van der Waals surface area contributed by atoms with E-state index in [1.54, 1.807) is 18.2 Å². The minimum absolute atomic E-state index is 0.213. The molecule has 2 aromatic rings. The zero-order chi connectivity index (χ0) is 16.7. The first-order chi connectivity index (χ1) is 11.5. The molecule has 2 aromatic carbocycles. The zero-order valence-electron chi connectivity index (χ0n) is 13.5. The highest BCUT2D eigenvalue weighted by Crippen LogP contribution is 2.40. The molecule has 0 saturated heterocycles. The van der Waals surface area contributed by atoms with E-state index in [1.807, 2.05) is 19.1 Å². The average molecular weight is 345 g/mol. The number of nitrogens with one attached hydrogen (secondary N) is 1. The molecule has 6 heteroatoms. The van der Waals surface area contributed by atoms with Crippen LogP contribution in [0.2, 0.25) is 0 Å². The molecule has 0 amide bonds. The van der Waals surface area contributed by atoms with E-state index in [4.69, 9.17) is 9.47 Å². The van der Waals surface area contributed by atoms with Crippen molar-refractivity contribution in [2.75, 3.05) is 13.2 Å². The molecular formula is C18H19NO4S. The van der Waals surface area contributed by atoms with Crippen molar-refractivity contribution in [3.8, 4) is 11.5 Å². The van der Waals surface area contributed by atoms with E-state index in [0.29, 0.717) is 13.2 Å². The number of aryl methyl sites for hydroxylation is 1. The average Bonchev–Trinajstić information content (AvgIpc) is 3.20. The lowest BCUT2D eigenvalue weighted by molar-refractivity contribution is 0.352. The standard InChI is InChI=1S/C18H19NO4S/c1-12-3-2-4-14(9-12)24(20,21)19-11-16-15-6-8-22-17(15)10-13-5-7-23-18(13)16/h2-4,9-10,19H,5-8,11H2,1H3. The predicted octanol–water partition coefficient (Wildman–Crippen LogP) is 2.34. The smallest absolute Gasteiger partial charge is 0.240 e. The number of sulfonamides is 1. The van der Waals surface area contributed by atoms with Crippen LogP contribution in [0, 0.1) is 6.92 Å². The van der Waals surface area contributed by atoms with Crippen LogP contribution in [-0.2, 0) is 29.4 Å². The van der Waals surface area contributed by atoms with E-state index in [-0.39, 0.29) is 11.4 Å². The maximum atomic E-state index is 12.6. The molecule has 0 saturated carbocycles. The minimum atomic E-state index is -3.56. The summed E-state index contributed by atoms with van der Waals surface area (Å²) >= 11 is 0. The van der Waals surface area contributed by atoms with E-state index >= 15 is 0 Å². The maximum absolute atomic E-state index is 12.6. The van der Waals surface area contributed by atoms with Gasteiger partial charge in [0, 0.05) is 36.1 Å². The molecule has 0 fully saturated rings. The molecule has 0 atom stereocenters. The quantitative estimate of drug-likeness (QED) is 0.924. The summed E-state index contributed by atoms with van der Waals surface area (Å²) in [6.45, 7) is 3.36. The summed E-state index contributed by atoms with van der Waals surface area (Å²) < 4.78 is 39.3. The Balaban J connectivity index is 1.65. The highest BCUT2D eigenvalue weighted by atomic mass is 32.2. The first-order valence-electron chi connectivity index (χ1n) is 8.04. The van der Waals surface area contributed by atoms with Crippen LogP contribution in [0.15, 0.2) is 35.2 Å². The van der Waals surface area contributed by atoms with Crippen LogP contribution in [0.25, 0.3) is 0 Å². The van der Waals surface area contributed by atoms with Gasteiger partial charge in [0.25, 0.3) is 0 Å². The van der Waals surface area contributed by atoms with Crippen LogP contribution in [0.5, 0.6) is 11.5 Å². The molecule has 0 bridgehead atoms. The molecule has 0 unspecified atom stereocenters. The van der Waals surface area contributed by atoms with Crippen molar-refractivity contribution in [3.63, 3.8) is 0 Å². The van der Waals surface area contributed by atoms with Gasteiger partial charge in [-0.2, -0.15) is 0 Å². The van der Waals surface area contributed by atoms with Crippen LogP contribution >= 0.6 is 0 Å². The molecule has 4 rings (SSSR count). The fourth-order valence-electron chi connectivity index (χ4n) is 3.30. The minimum Gasteiger partial charge on any atom is -0.493 e. The maximum Gasteiger partial charge on any atom is 0.240 e. The number of rotatable bonds is 4. The first-order valence-corrected chi connectivity index (χ1v) is 9.52. The van der Waals surface area contributed by atoms with Gasteiger partial charge in [-0.3, -0.25) is 0 Å². The summed E-state index contributed by atoms with van der Waals surface area (Å²) in [5.74, 6) is 1.69. The van der Waals surface area contributed by atoms with E-state index in [2.05, 4.69) is 4.72 Å².